The first-order valence-electron chi connectivity index (χ1n) is 10.5. The molecule has 0 aliphatic carbocycles. The molecule has 1 atom stereocenters. The van der Waals surface area contributed by atoms with E-state index in [1.54, 1.807) is 0 Å². The van der Waals surface area contributed by atoms with Crippen molar-refractivity contribution in [3.05, 3.63) is 95.8 Å². The third-order valence-electron chi connectivity index (χ3n) is 5.62. The van der Waals surface area contributed by atoms with Crippen LogP contribution in [0.25, 0.3) is 11.0 Å². The van der Waals surface area contributed by atoms with E-state index < -0.39 is 0 Å². The molecule has 0 bridgehead atoms. The highest BCUT2D eigenvalue weighted by Gasteiger charge is 2.21. The second kappa shape index (κ2) is 10.0. The standard InChI is InChI=1S/C25H25N5O.HI/c26-25(29-21-13-14-31-24-8-4-1-5-20(21)24)27-15-18-9-11-19(12-10-18)16-30-17-28-22-6-2-3-7-23(22)30;/h1-12,17,21H,13-16H2,(H3,26,27,29);1H. The minimum atomic E-state index is 0. The van der Waals surface area contributed by atoms with E-state index in [1.165, 1.54) is 5.56 Å². The van der Waals surface area contributed by atoms with Gasteiger partial charge in [-0.2, -0.15) is 0 Å². The van der Waals surface area contributed by atoms with Gasteiger partial charge in [-0.05, 0) is 29.3 Å². The topological polar surface area (TPSA) is 77.5 Å². The lowest BCUT2D eigenvalue weighted by atomic mass is 10.0. The average Bonchev–Trinajstić information content (AvgIpc) is 3.22. The van der Waals surface area contributed by atoms with Crippen LogP contribution < -0.4 is 15.8 Å². The highest BCUT2D eigenvalue weighted by Crippen LogP contribution is 2.31. The fourth-order valence-corrected chi connectivity index (χ4v) is 3.98. The Bertz CT molecular complexity index is 1220. The molecule has 6 nitrogen and oxygen atoms in total. The van der Waals surface area contributed by atoms with Gasteiger partial charge >= 0.3 is 0 Å². The summed E-state index contributed by atoms with van der Waals surface area (Å²) in [6.45, 7) is 2.00. The van der Waals surface area contributed by atoms with Crippen LogP contribution in [0.3, 0.4) is 0 Å². The molecule has 0 saturated carbocycles. The molecule has 0 spiro atoms. The van der Waals surface area contributed by atoms with Crippen molar-refractivity contribution >= 4 is 41.0 Å². The first-order chi connectivity index (χ1) is 15.3. The van der Waals surface area contributed by atoms with Crippen LogP contribution >= 0.6 is 24.0 Å². The lowest BCUT2D eigenvalue weighted by Gasteiger charge is -2.26. The third kappa shape index (κ3) is 4.88. The molecule has 32 heavy (non-hydrogen) atoms. The number of imidazole rings is 1. The number of halogens is 1. The smallest absolute Gasteiger partial charge is 0.189 e. The van der Waals surface area contributed by atoms with Crippen LogP contribution in [0.5, 0.6) is 5.75 Å². The van der Waals surface area contributed by atoms with Crippen molar-refractivity contribution in [2.75, 3.05) is 6.61 Å². The zero-order valence-electron chi connectivity index (χ0n) is 17.6. The van der Waals surface area contributed by atoms with Gasteiger partial charge in [0.2, 0.25) is 0 Å². The third-order valence-corrected chi connectivity index (χ3v) is 5.62. The SMILES string of the molecule is I.NC(=NCc1ccc(Cn2cnc3ccccc32)cc1)NC1CCOc2ccccc21. The summed E-state index contributed by atoms with van der Waals surface area (Å²) >= 11 is 0. The molecular weight excluding hydrogens is 513 g/mol. The maximum absolute atomic E-state index is 6.17. The molecule has 0 fully saturated rings. The number of ether oxygens (including phenoxy) is 1. The molecule has 1 unspecified atom stereocenters. The van der Waals surface area contributed by atoms with Crippen molar-refractivity contribution in [3.8, 4) is 5.75 Å². The predicted molar refractivity (Wildman–Crippen MR) is 138 cm³/mol. The normalized spacial score (nSPS) is 15.5. The lowest BCUT2D eigenvalue weighted by Crippen LogP contribution is -2.37. The van der Waals surface area contributed by atoms with Crippen LogP contribution in [-0.2, 0) is 13.1 Å². The summed E-state index contributed by atoms with van der Waals surface area (Å²) in [7, 11) is 0. The molecule has 7 heteroatoms. The molecule has 5 rings (SSSR count). The van der Waals surface area contributed by atoms with Crippen LogP contribution in [-0.4, -0.2) is 22.1 Å². The van der Waals surface area contributed by atoms with Crippen LogP contribution in [0.15, 0.2) is 84.1 Å². The molecule has 1 aromatic heterocycles. The second-order valence-electron chi connectivity index (χ2n) is 7.75. The Hall–Kier alpha value is -3.07. The minimum absolute atomic E-state index is 0. The number of guanidine groups is 1. The van der Waals surface area contributed by atoms with Crippen LogP contribution in [0.4, 0.5) is 0 Å². The van der Waals surface area contributed by atoms with E-state index >= 15 is 0 Å². The zero-order valence-corrected chi connectivity index (χ0v) is 20.0. The number of benzene rings is 3. The maximum Gasteiger partial charge on any atom is 0.189 e. The summed E-state index contributed by atoms with van der Waals surface area (Å²) in [5, 5.41) is 3.34. The number of aromatic nitrogens is 2. The van der Waals surface area contributed by atoms with Crippen LogP contribution in [0, 0.1) is 0 Å². The molecule has 1 aliphatic rings. The van der Waals surface area contributed by atoms with Gasteiger partial charge in [0.05, 0.1) is 36.6 Å². The minimum Gasteiger partial charge on any atom is -0.493 e. The zero-order chi connectivity index (χ0) is 21.0. The molecule has 2 heterocycles. The Morgan fingerprint density at radius 2 is 1.78 bits per heavy atom. The van der Waals surface area contributed by atoms with E-state index in [-0.39, 0.29) is 30.0 Å². The molecule has 0 amide bonds. The van der Waals surface area contributed by atoms with Gasteiger partial charge in [0.25, 0.3) is 0 Å². The van der Waals surface area contributed by atoms with Crippen molar-refractivity contribution in [2.24, 2.45) is 10.7 Å². The molecular formula is C25H26IN5O. The Kier molecular flexibility index (Phi) is 6.94. The fourth-order valence-electron chi connectivity index (χ4n) is 3.98. The van der Waals surface area contributed by atoms with Gasteiger partial charge in [-0.1, -0.05) is 54.6 Å². The first-order valence-corrected chi connectivity index (χ1v) is 10.5. The number of nitrogens with two attached hydrogens (primary N) is 1. The molecule has 3 aromatic carbocycles. The van der Waals surface area contributed by atoms with E-state index in [9.17, 15) is 0 Å². The average molecular weight is 539 g/mol. The van der Waals surface area contributed by atoms with E-state index in [2.05, 4.69) is 56.3 Å². The number of hydrogen-bond donors (Lipinski definition) is 2. The van der Waals surface area contributed by atoms with E-state index in [4.69, 9.17) is 10.5 Å². The predicted octanol–water partition coefficient (Wildman–Crippen LogP) is 4.63. The number of para-hydroxylation sites is 3. The highest BCUT2D eigenvalue weighted by atomic mass is 127. The highest BCUT2D eigenvalue weighted by molar-refractivity contribution is 14.0. The number of hydrogen-bond acceptors (Lipinski definition) is 3. The monoisotopic (exact) mass is 539 g/mol. The van der Waals surface area contributed by atoms with Gasteiger partial charge in [-0.25, -0.2) is 9.98 Å². The first kappa shape index (κ1) is 22.1. The molecule has 0 radical (unpaired) electrons. The summed E-state index contributed by atoms with van der Waals surface area (Å²) < 4.78 is 7.87. The van der Waals surface area contributed by atoms with Crippen molar-refractivity contribution < 1.29 is 4.74 Å². The van der Waals surface area contributed by atoms with Crippen molar-refractivity contribution in [1.82, 2.24) is 14.9 Å². The van der Waals surface area contributed by atoms with Crippen molar-refractivity contribution in [1.29, 1.82) is 0 Å². The van der Waals surface area contributed by atoms with Gasteiger partial charge in [-0.3, -0.25) is 0 Å². The van der Waals surface area contributed by atoms with E-state index in [0.29, 0.717) is 19.1 Å². The van der Waals surface area contributed by atoms with Gasteiger partial charge in [0, 0.05) is 18.5 Å². The van der Waals surface area contributed by atoms with E-state index in [0.717, 1.165) is 40.9 Å². The summed E-state index contributed by atoms with van der Waals surface area (Å²) in [5.74, 6) is 1.37. The Balaban J connectivity index is 0.00000245. The van der Waals surface area contributed by atoms with E-state index in [1.807, 2.05) is 42.7 Å². The van der Waals surface area contributed by atoms with Gasteiger partial charge in [0.1, 0.15) is 5.75 Å². The molecule has 1 aliphatic heterocycles. The molecule has 0 saturated heterocycles. The Labute approximate surface area is 204 Å². The second-order valence-corrected chi connectivity index (χ2v) is 7.75. The van der Waals surface area contributed by atoms with Gasteiger partial charge in [-0.15, -0.1) is 24.0 Å². The van der Waals surface area contributed by atoms with Crippen LogP contribution in [0.1, 0.15) is 29.2 Å². The summed E-state index contributed by atoms with van der Waals surface area (Å²) in [5.41, 5.74) is 11.8. The fraction of sp³-hybridized carbons (Fsp3) is 0.200. The van der Waals surface area contributed by atoms with Crippen molar-refractivity contribution in [2.45, 2.75) is 25.6 Å². The lowest BCUT2D eigenvalue weighted by molar-refractivity contribution is 0.262. The number of nitrogens with zero attached hydrogens (tertiary/aromatic N) is 3. The number of fused-ring (bicyclic) bond motifs is 2. The number of rotatable bonds is 5. The van der Waals surface area contributed by atoms with Crippen molar-refractivity contribution in [3.63, 3.8) is 0 Å². The summed E-state index contributed by atoms with van der Waals surface area (Å²) in [6, 6.07) is 24.9. The quantitative estimate of drug-likeness (QED) is 0.220. The Morgan fingerprint density at radius 3 is 2.66 bits per heavy atom. The Morgan fingerprint density at radius 1 is 1.03 bits per heavy atom. The molecule has 4 aromatic rings. The maximum atomic E-state index is 6.17. The van der Waals surface area contributed by atoms with Gasteiger partial charge in [0.15, 0.2) is 5.96 Å². The molecule has 164 valence electrons. The largest absolute Gasteiger partial charge is 0.493 e. The molecule has 3 N–H and O–H groups in total. The van der Waals surface area contributed by atoms with Crippen LogP contribution in [0.2, 0.25) is 0 Å². The summed E-state index contributed by atoms with van der Waals surface area (Å²) in [6.07, 6.45) is 2.76. The summed E-state index contributed by atoms with van der Waals surface area (Å²) in [4.78, 5) is 8.99. The number of aliphatic imine (C=N–C) groups is 1. The number of nitrogens with one attached hydrogen (secondary N) is 1. The van der Waals surface area contributed by atoms with Gasteiger partial charge < -0.3 is 20.4 Å².